The molecule has 594 valence electrons. The van der Waals surface area contributed by atoms with Crippen LogP contribution in [0.25, 0.3) is 0 Å². The van der Waals surface area contributed by atoms with Gasteiger partial charge in [0.15, 0.2) is 0 Å². The molecule has 0 aromatic heterocycles. The van der Waals surface area contributed by atoms with E-state index in [0.717, 1.165) is 122 Å². The molecule has 5 aromatic rings. The average molecular weight is 1500 g/mol. The molecule has 22 nitrogen and oxygen atoms in total. The summed E-state index contributed by atoms with van der Waals surface area (Å²) in [6, 6.07) is 26.6. The van der Waals surface area contributed by atoms with Crippen LogP contribution in [-0.2, 0) is 33.4 Å². The van der Waals surface area contributed by atoms with Gasteiger partial charge in [0.05, 0.1) is 39.6 Å². The smallest absolute Gasteiger partial charge is 0.249 e. The Morgan fingerprint density at radius 3 is 1.31 bits per heavy atom. The van der Waals surface area contributed by atoms with Crippen molar-refractivity contribution in [3.05, 3.63) is 141 Å². The Morgan fingerprint density at radius 1 is 0.454 bits per heavy atom. The SMILES string of the molecule is CCNC(=O)C1=C(COc2cccc(O)c2C)COCC1.CCNC(=O)C1CCOCC1COc1cccc(O)c1C.CNC(=O)C1CCCCC1COc1cccc(O)c1C.Cc1c(O)cccc1OCC1=C(C(=O)N(C)C(C)C)CCCC1.Cc1c(O)cccc1OCC1CCCCC1C(=O)N(C)C(C)C. The summed E-state index contributed by atoms with van der Waals surface area (Å²) in [6.07, 6.45) is 13.7. The molecule has 1 saturated heterocycles. The summed E-state index contributed by atoms with van der Waals surface area (Å²) in [4.78, 5) is 65.0. The Hall–Kier alpha value is -9.15. The number of carbonyl (C=O) groups excluding carboxylic acids is 5. The van der Waals surface area contributed by atoms with E-state index >= 15 is 0 Å². The Labute approximate surface area is 640 Å². The van der Waals surface area contributed by atoms with Gasteiger partial charge in [0.2, 0.25) is 29.5 Å². The monoisotopic (exact) mass is 1500 g/mol. The highest BCUT2D eigenvalue weighted by Gasteiger charge is 2.36. The summed E-state index contributed by atoms with van der Waals surface area (Å²) in [5.41, 5.74) is 7.25. The lowest BCUT2D eigenvalue weighted by Gasteiger charge is -2.34. The third-order valence-electron chi connectivity index (χ3n) is 21.2. The van der Waals surface area contributed by atoms with Crippen molar-refractivity contribution < 1.29 is 82.7 Å². The number of nitrogens with zero attached hydrogens (tertiary/aromatic N) is 2. The van der Waals surface area contributed by atoms with Crippen LogP contribution in [0.15, 0.2) is 113 Å². The second kappa shape index (κ2) is 45.0. The lowest BCUT2D eigenvalue weighted by molar-refractivity contribution is -0.139. The number of likely N-dealkylation sites (N-methyl/N-ethyl adjacent to an activating group) is 2. The third-order valence-corrected chi connectivity index (χ3v) is 21.2. The first kappa shape index (κ1) is 87.8. The summed E-state index contributed by atoms with van der Waals surface area (Å²) < 4.78 is 40.1. The normalized spacial score (nSPS) is 19.0. The summed E-state index contributed by atoms with van der Waals surface area (Å²) in [7, 11) is 5.43. The predicted molar refractivity (Wildman–Crippen MR) is 420 cm³/mol. The van der Waals surface area contributed by atoms with Crippen LogP contribution in [0.4, 0.5) is 0 Å². The number of phenols is 5. The Kier molecular flexibility index (Phi) is 36.5. The van der Waals surface area contributed by atoms with Crippen molar-refractivity contribution in [2.24, 2.45) is 35.5 Å². The van der Waals surface area contributed by atoms with Crippen molar-refractivity contribution in [2.45, 2.75) is 178 Å². The van der Waals surface area contributed by atoms with E-state index in [4.69, 9.17) is 33.2 Å². The minimum atomic E-state index is -0.0729. The van der Waals surface area contributed by atoms with Gasteiger partial charge in [0.1, 0.15) is 70.7 Å². The van der Waals surface area contributed by atoms with E-state index in [1.807, 2.05) is 112 Å². The number of hydrogen-bond acceptors (Lipinski definition) is 17. The van der Waals surface area contributed by atoms with Crippen molar-refractivity contribution in [1.29, 1.82) is 0 Å². The van der Waals surface area contributed by atoms with Crippen molar-refractivity contribution in [2.75, 3.05) is 93.7 Å². The van der Waals surface area contributed by atoms with Crippen LogP contribution in [0, 0.1) is 70.1 Å². The van der Waals surface area contributed by atoms with Crippen LogP contribution in [0.3, 0.4) is 0 Å². The van der Waals surface area contributed by atoms with E-state index in [-0.39, 0.29) is 112 Å². The minimum Gasteiger partial charge on any atom is -0.508 e. The molecular formula is C86H123N5O17. The van der Waals surface area contributed by atoms with Crippen molar-refractivity contribution in [1.82, 2.24) is 25.8 Å². The van der Waals surface area contributed by atoms with Gasteiger partial charge in [-0.15, -0.1) is 0 Å². The number of phenolic OH excluding ortho intramolecular Hbond substituents is 5. The van der Waals surface area contributed by atoms with Crippen molar-refractivity contribution in [3.8, 4) is 57.5 Å². The minimum absolute atomic E-state index is 0.0343. The summed E-state index contributed by atoms with van der Waals surface area (Å²) in [5, 5.41) is 57.0. The van der Waals surface area contributed by atoms with Crippen LogP contribution >= 0.6 is 0 Å². The zero-order valence-corrected chi connectivity index (χ0v) is 66.5. The first-order chi connectivity index (χ1) is 51.7. The fraction of sp³-hybridized carbons (Fsp3) is 0.547. The van der Waals surface area contributed by atoms with Gasteiger partial charge in [-0.25, -0.2) is 0 Å². The Balaban J connectivity index is 0.000000211. The number of aromatic hydroxyl groups is 5. The van der Waals surface area contributed by atoms with E-state index in [0.29, 0.717) is 112 Å². The molecule has 5 aliphatic rings. The molecule has 3 aliphatic carbocycles. The van der Waals surface area contributed by atoms with Crippen molar-refractivity contribution >= 4 is 29.5 Å². The number of ether oxygens (including phenoxy) is 7. The molecule has 0 spiro atoms. The molecule has 108 heavy (non-hydrogen) atoms. The maximum atomic E-state index is 12.7. The van der Waals surface area contributed by atoms with Crippen LogP contribution < -0.4 is 39.6 Å². The largest absolute Gasteiger partial charge is 0.508 e. The standard InChI is InChI=1S/C19H29NO3.C19H27NO3.C16H23NO4.C16H21NO4.C16H23NO3/c2*1-13(2)20(4)19(22)16-9-6-5-8-15(16)12-23-18-11-7-10-17(21)14(18)3;2*1-3-17-16(19)13-7-8-20-9-12(13)10-21-15-6-4-5-14(18)11(15)2;1-11-14(18)8-5-9-15(11)20-10-12-6-3-4-7-13(12)16(19)17-2/h7,10-11,13,15-16,21H,5-6,8-9,12H2,1-4H3;7,10-11,13,21H,5-6,8-9,12H2,1-4H3;4-6,12-13,18H,3,7-10H2,1-2H3,(H,17,19);4-6,18H,3,7-10H2,1-2H3,(H,17,19);5,8-9,12-13,18H,3-4,6-7,10H2,1-2H3,(H,17,19). The molecule has 2 saturated carbocycles. The topological polar surface area (TPSA) is 294 Å². The molecule has 10 rings (SSSR count). The van der Waals surface area contributed by atoms with E-state index in [2.05, 4.69) is 16.0 Å². The molecule has 5 amide bonds. The number of rotatable bonds is 24. The van der Waals surface area contributed by atoms with E-state index in [9.17, 15) is 49.5 Å². The number of hydrogen-bond donors (Lipinski definition) is 8. The first-order valence-electron chi connectivity index (χ1n) is 38.7. The van der Waals surface area contributed by atoms with E-state index < -0.39 is 0 Å². The maximum absolute atomic E-state index is 12.7. The highest BCUT2D eigenvalue weighted by Crippen LogP contribution is 2.37. The summed E-state index contributed by atoms with van der Waals surface area (Å²) in [6.45, 7) is 26.6. The van der Waals surface area contributed by atoms with E-state index in [1.165, 1.54) is 0 Å². The van der Waals surface area contributed by atoms with Crippen LogP contribution in [-0.4, -0.2) is 171 Å². The molecular weight excluding hydrogens is 1370 g/mol. The number of carbonyl (C=O) groups is 5. The lowest BCUT2D eigenvalue weighted by Crippen LogP contribution is -2.42. The lowest BCUT2D eigenvalue weighted by atomic mass is 9.78. The summed E-state index contributed by atoms with van der Waals surface area (Å²) in [5.74, 6) is 5.54. The number of benzene rings is 5. The van der Waals surface area contributed by atoms with Gasteiger partial charge < -0.3 is 84.4 Å². The Morgan fingerprint density at radius 2 is 0.861 bits per heavy atom. The molecule has 22 heteroatoms. The van der Waals surface area contributed by atoms with Gasteiger partial charge in [-0.2, -0.15) is 0 Å². The third kappa shape index (κ3) is 26.0. The molecule has 2 aliphatic heterocycles. The van der Waals surface area contributed by atoms with Gasteiger partial charge >= 0.3 is 0 Å². The average Bonchev–Trinajstić information content (AvgIpc) is 0.849. The molecule has 5 aromatic carbocycles. The second-order valence-corrected chi connectivity index (χ2v) is 29.1. The molecule has 6 unspecified atom stereocenters. The van der Waals surface area contributed by atoms with Gasteiger partial charge in [-0.3, -0.25) is 24.0 Å². The molecule has 0 bridgehead atoms. The van der Waals surface area contributed by atoms with Crippen molar-refractivity contribution in [3.63, 3.8) is 0 Å². The highest BCUT2D eigenvalue weighted by molar-refractivity contribution is 5.95. The number of amides is 5. The first-order valence-corrected chi connectivity index (χ1v) is 38.7. The van der Waals surface area contributed by atoms with Gasteiger partial charge in [-0.05, 0) is 200 Å². The van der Waals surface area contributed by atoms with Gasteiger partial charge in [0, 0.05) is 139 Å². The van der Waals surface area contributed by atoms with Crippen LogP contribution in [0.5, 0.6) is 57.5 Å². The molecule has 2 heterocycles. The maximum Gasteiger partial charge on any atom is 0.249 e. The van der Waals surface area contributed by atoms with E-state index in [1.54, 1.807) is 85.6 Å². The van der Waals surface area contributed by atoms with Gasteiger partial charge in [-0.1, -0.05) is 56.0 Å². The molecule has 6 atom stereocenters. The number of nitrogens with one attached hydrogen (secondary N) is 3. The molecule has 3 fully saturated rings. The van der Waals surface area contributed by atoms with Crippen LogP contribution in [0.1, 0.15) is 159 Å². The zero-order chi connectivity index (χ0) is 79.0. The fourth-order valence-corrected chi connectivity index (χ4v) is 13.7. The highest BCUT2D eigenvalue weighted by atomic mass is 16.5. The molecule has 8 N–H and O–H groups in total. The molecule has 0 radical (unpaired) electrons. The zero-order valence-electron chi connectivity index (χ0n) is 66.5. The summed E-state index contributed by atoms with van der Waals surface area (Å²) >= 11 is 0. The Bertz CT molecular complexity index is 3780. The predicted octanol–water partition coefficient (Wildman–Crippen LogP) is 14.0. The fourth-order valence-electron chi connectivity index (χ4n) is 13.7. The second-order valence-electron chi connectivity index (χ2n) is 29.1. The quantitative estimate of drug-likeness (QED) is 0.0285. The van der Waals surface area contributed by atoms with Gasteiger partial charge in [0.25, 0.3) is 0 Å². The van der Waals surface area contributed by atoms with Crippen LogP contribution in [0.2, 0.25) is 0 Å².